The number of carbonyl (C=O) groups is 2. The molecule has 110 valence electrons. The van der Waals surface area contributed by atoms with Gasteiger partial charge in [0.15, 0.2) is 0 Å². The van der Waals surface area contributed by atoms with Gasteiger partial charge >= 0.3 is 11.9 Å². The molecule has 0 saturated heterocycles. The van der Waals surface area contributed by atoms with Gasteiger partial charge in [-0.15, -0.1) is 11.3 Å². The van der Waals surface area contributed by atoms with E-state index in [9.17, 15) is 14.7 Å². The van der Waals surface area contributed by atoms with E-state index in [-0.39, 0.29) is 6.42 Å². The Balaban J connectivity index is 2.41. The average molecular weight is 304 g/mol. The zero-order chi connectivity index (χ0) is 15.2. The smallest absolute Gasteiger partial charge is 0.312 e. The average Bonchev–Trinajstić information content (AvgIpc) is 3.00. The van der Waals surface area contributed by atoms with Crippen LogP contribution in [0.15, 0.2) is 47.8 Å². The maximum atomic E-state index is 11.7. The Morgan fingerprint density at radius 2 is 1.90 bits per heavy atom. The van der Waals surface area contributed by atoms with E-state index in [1.54, 1.807) is 6.07 Å². The Labute approximate surface area is 127 Å². The topological polar surface area (TPSA) is 63.6 Å². The number of carboxylic acids is 1. The molecule has 2 rings (SSSR count). The lowest BCUT2D eigenvalue weighted by molar-refractivity contribution is -0.142. The van der Waals surface area contributed by atoms with Gasteiger partial charge in [0.1, 0.15) is 0 Å². The van der Waals surface area contributed by atoms with E-state index in [0.717, 1.165) is 10.4 Å². The first-order chi connectivity index (χ1) is 10.1. The Bertz CT molecular complexity index is 592. The molecule has 0 fully saturated rings. The first-order valence-corrected chi connectivity index (χ1v) is 7.39. The van der Waals surface area contributed by atoms with Crippen LogP contribution in [0.3, 0.4) is 0 Å². The van der Waals surface area contributed by atoms with Crippen molar-refractivity contribution in [3.63, 3.8) is 0 Å². The lowest BCUT2D eigenvalue weighted by atomic mass is 9.82. The highest BCUT2D eigenvalue weighted by atomic mass is 32.1. The second kappa shape index (κ2) is 7.04. The van der Waals surface area contributed by atoms with E-state index in [1.165, 1.54) is 18.4 Å². The van der Waals surface area contributed by atoms with Crippen LogP contribution in [0.5, 0.6) is 0 Å². The van der Waals surface area contributed by atoms with Crippen LogP contribution < -0.4 is 0 Å². The van der Waals surface area contributed by atoms with Crippen LogP contribution in [-0.2, 0) is 14.3 Å². The summed E-state index contributed by atoms with van der Waals surface area (Å²) < 4.78 is 4.72. The van der Waals surface area contributed by atoms with E-state index in [4.69, 9.17) is 4.74 Å². The van der Waals surface area contributed by atoms with Gasteiger partial charge in [-0.05, 0) is 17.0 Å². The third kappa shape index (κ3) is 3.70. The van der Waals surface area contributed by atoms with E-state index < -0.39 is 23.8 Å². The van der Waals surface area contributed by atoms with Gasteiger partial charge in [-0.3, -0.25) is 9.59 Å². The summed E-state index contributed by atoms with van der Waals surface area (Å²) in [6, 6.07) is 12.8. The molecule has 21 heavy (non-hydrogen) atoms. The standard InChI is InChI=1S/C16H16O4S/c1-20-14(17)10-12(11-6-3-2-4-7-11)15(16(18)19)13-8-5-9-21-13/h2-9,12,15H,10H2,1H3,(H,18,19)/t12-,15-/m0/s1. The molecule has 1 aromatic carbocycles. The molecule has 1 N–H and O–H groups in total. The predicted molar refractivity (Wildman–Crippen MR) is 80.5 cm³/mol. The van der Waals surface area contributed by atoms with Crippen LogP contribution in [0.1, 0.15) is 28.7 Å². The maximum absolute atomic E-state index is 11.7. The Hall–Kier alpha value is -2.14. The van der Waals surface area contributed by atoms with Crippen molar-refractivity contribution in [3.05, 3.63) is 58.3 Å². The van der Waals surface area contributed by atoms with Crippen LogP contribution in [0, 0.1) is 0 Å². The van der Waals surface area contributed by atoms with E-state index in [0.29, 0.717) is 0 Å². The fourth-order valence-electron chi connectivity index (χ4n) is 2.35. The van der Waals surface area contributed by atoms with Crippen molar-refractivity contribution in [3.8, 4) is 0 Å². The predicted octanol–water partition coefficient (Wildman–Crippen LogP) is 3.26. The summed E-state index contributed by atoms with van der Waals surface area (Å²) >= 11 is 1.38. The minimum absolute atomic E-state index is 0.0371. The first kappa shape index (κ1) is 15.3. The molecule has 0 saturated carbocycles. The number of methoxy groups -OCH3 is 1. The number of hydrogen-bond acceptors (Lipinski definition) is 4. The number of carboxylic acid groups (broad SMARTS) is 1. The highest BCUT2D eigenvalue weighted by molar-refractivity contribution is 7.10. The molecule has 2 aromatic rings. The summed E-state index contributed by atoms with van der Waals surface area (Å²) in [6.45, 7) is 0. The van der Waals surface area contributed by atoms with Gasteiger partial charge in [0, 0.05) is 10.8 Å². The molecule has 0 aliphatic rings. The Morgan fingerprint density at radius 1 is 1.19 bits per heavy atom. The summed E-state index contributed by atoms with van der Waals surface area (Å²) in [5.74, 6) is -2.55. The minimum atomic E-state index is -0.935. The monoisotopic (exact) mass is 304 g/mol. The minimum Gasteiger partial charge on any atom is -0.481 e. The fourth-order valence-corrected chi connectivity index (χ4v) is 3.23. The molecule has 0 amide bonds. The molecule has 0 aliphatic heterocycles. The molecule has 1 aromatic heterocycles. The van der Waals surface area contributed by atoms with Gasteiger partial charge in [-0.25, -0.2) is 0 Å². The highest BCUT2D eigenvalue weighted by Crippen LogP contribution is 2.38. The summed E-state index contributed by atoms with van der Waals surface area (Å²) in [7, 11) is 1.31. The molecule has 1 heterocycles. The van der Waals surface area contributed by atoms with Gasteiger partial charge < -0.3 is 9.84 Å². The van der Waals surface area contributed by atoms with E-state index in [2.05, 4.69) is 0 Å². The number of esters is 1. The molecule has 4 nitrogen and oxygen atoms in total. The summed E-state index contributed by atoms with van der Waals surface area (Å²) in [5, 5.41) is 11.5. The molecule has 0 radical (unpaired) electrons. The zero-order valence-corrected chi connectivity index (χ0v) is 12.4. The number of rotatable bonds is 6. The fraction of sp³-hybridized carbons (Fsp3) is 0.250. The third-order valence-corrected chi connectivity index (χ3v) is 4.32. The number of aliphatic carboxylic acids is 1. The summed E-state index contributed by atoms with van der Waals surface area (Å²) in [6.07, 6.45) is 0.0371. The van der Waals surface area contributed by atoms with Gasteiger partial charge in [0.25, 0.3) is 0 Å². The molecule has 0 aliphatic carbocycles. The van der Waals surface area contributed by atoms with Crippen molar-refractivity contribution in [2.45, 2.75) is 18.3 Å². The molecule has 2 atom stereocenters. The van der Waals surface area contributed by atoms with Crippen molar-refractivity contribution in [1.82, 2.24) is 0 Å². The number of ether oxygens (including phenoxy) is 1. The van der Waals surface area contributed by atoms with Crippen molar-refractivity contribution < 1.29 is 19.4 Å². The summed E-state index contributed by atoms with van der Waals surface area (Å²) in [5.41, 5.74) is 0.823. The molecule has 0 bridgehead atoms. The number of thiophene rings is 1. The lowest BCUT2D eigenvalue weighted by Gasteiger charge is -2.22. The molecular formula is C16H16O4S. The number of benzene rings is 1. The van der Waals surface area contributed by atoms with Gasteiger partial charge in [-0.2, -0.15) is 0 Å². The number of carbonyl (C=O) groups excluding carboxylic acids is 1. The van der Waals surface area contributed by atoms with E-state index >= 15 is 0 Å². The molecule has 0 spiro atoms. The van der Waals surface area contributed by atoms with Gasteiger partial charge in [-0.1, -0.05) is 36.4 Å². The van der Waals surface area contributed by atoms with Crippen LogP contribution in [0.4, 0.5) is 0 Å². The van der Waals surface area contributed by atoms with E-state index in [1.807, 2.05) is 41.8 Å². The lowest BCUT2D eigenvalue weighted by Crippen LogP contribution is -2.22. The van der Waals surface area contributed by atoms with Gasteiger partial charge in [0.2, 0.25) is 0 Å². The van der Waals surface area contributed by atoms with Crippen LogP contribution >= 0.6 is 11.3 Å². The Morgan fingerprint density at radius 3 is 2.43 bits per heavy atom. The van der Waals surface area contributed by atoms with Crippen LogP contribution in [0.25, 0.3) is 0 Å². The normalized spacial score (nSPS) is 13.4. The quantitative estimate of drug-likeness (QED) is 0.832. The maximum Gasteiger partial charge on any atom is 0.312 e. The third-order valence-electron chi connectivity index (χ3n) is 3.36. The SMILES string of the molecule is COC(=O)C[C@@H](c1ccccc1)[C@H](C(=O)O)c1cccs1. The molecule has 5 heteroatoms. The van der Waals surface area contributed by atoms with Crippen molar-refractivity contribution in [2.24, 2.45) is 0 Å². The van der Waals surface area contributed by atoms with Crippen LogP contribution in [0.2, 0.25) is 0 Å². The van der Waals surface area contributed by atoms with Crippen molar-refractivity contribution in [1.29, 1.82) is 0 Å². The molecular weight excluding hydrogens is 288 g/mol. The molecule has 0 unspecified atom stereocenters. The second-order valence-electron chi connectivity index (χ2n) is 4.63. The zero-order valence-electron chi connectivity index (χ0n) is 11.6. The second-order valence-corrected chi connectivity index (χ2v) is 5.61. The number of hydrogen-bond donors (Lipinski definition) is 1. The first-order valence-electron chi connectivity index (χ1n) is 6.51. The Kier molecular flexibility index (Phi) is 5.11. The van der Waals surface area contributed by atoms with Crippen LogP contribution in [-0.4, -0.2) is 24.2 Å². The highest BCUT2D eigenvalue weighted by Gasteiger charge is 2.33. The largest absolute Gasteiger partial charge is 0.481 e. The summed E-state index contributed by atoms with van der Waals surface area (Å²) in [4.78, 5) is 24.2. The van der Waals surface area contributed by atoms with Gasteiger partial charge in [0.05, 0.1) is 19.4 Å². The van der Waals surface area contributed by atoms with Crippen molar-refractivity contribution >= 4 is 23.3 Å². The van der Waals surface area contributed by atoms with Crippen molar-refractivity contribution in [2.75, 3.05) is 7.11 Å².